The van der Waals surface area contributed by atoms with Crippen LogP contribution in [-0.4, -0.2) is 12.5 Å². The van der Waals surface area contributed by atoms with E-state index in [2.05, 4.69) is 17.2 Å². The third-order valence-electron chi connectivity index (χ3n) is 2.98. The molecule has 3 N–H and O–H groups in total. The van der Waals surface area contributed by atoms with Crippen molar-refractivity contribution >= 4 is 17.2 Å². The van der Waals surface area contributed by atoms with E-state index in [4.69, 9.17) is 5.73 Å². The molecule has 0 fully saturated rings. The third kappa shape index (κ3) is 3.86. The summed E-state index contributed by atoms with van der Waals surface area (Å²) in [6, 6.07) is 1.96. The molecule has 18 heavy (non-hydrogen) atoms. The highest BCUT2D eigenvalue weighted by atomic mass is 32.1. The Balaban J connectivity index is 2.65. The molecule has 0 aliphatic carbocycles. The van der Waals surface area contributed by atoms with E-state index >= 15 is 0 Å². The zero-order valence-corrected chi connectivity index (χ0v) is 12.0. The van der Waals surface area contributed by atoms with Crippen LogP contribution < -0.4 is 11.1 Å². The van der Waals surface area contributed by atoms with E-state index in [0.717, 1.165) is 16.9 Å². The maximum absolute atomic E-state index is 12.0. The van der Waals surface area contributed by atoms with Gasteiger partial charge in [0, 0.05) is 15.9 Å². The van der Waals surface area contributed by atoms with Gasteiger partial charge < -0.3 is 11.1 Å². The van der Waals surface area contributed by atoms with E-state index in [1.54, 1.807) is 11.3 Å². The minimum atomic E-state index is -0.319. The quantitative estimate of drug-likeness (QED) is 0.818. The monoisotopic (exact) mass is 264 g/mol. The molecule has 1 amide bonds. The van der Waals surface area contributed by atoms with Crippen molar-refractivity contribution in [2.45, 2.75) is 33.7 Å². The number of carbonyl (C=O) groups is 1. The van der Waals surface area contributed by atoms with Crippen molar-refractivity contribution in [2.75, 3.05) is 6.54 Å². The number of nitrogens with two attached hydrogens (primary N) is 1. The Kier molecular flexibility index (Phi) is 5.39. The van der Waals surface area contributed by atoms with E-state index in [1.165, 1.54) is 0 Å². The molecule has 1 heterocycles. The third-order valence-corrected chi connectivity index (χ3v) is 3.90. The van der Waals surface area contributed by atoms with Crippen LogP contribution >= 0.6 is 11.3 Å². The van der Waals surface area contributed by atoms with Crippen LogP contribution in [0.2, 0.25) is 0 Å². The first-order valence-corrected chi connectivity index (χ1v) is 6.93. The fourth-order valence-electron chi connectivity index (χ4n) is 1.30. The fraction of sp³-hybridized carbons (Fsp3) is 0.500. The van der Waals surface area contributed by atoms with E-state index in [-0.39, 0.29) is 11.3 Å². The standard InChI is InChI=1S/C14H20N2OS/c1-4-14(2,3)13(17)16-10-12-11(6-5-8-15)7-9-18-12/h7,9H,4,8,10,15H2,1-3H3,(H,16,17). The van der Waals surface area contributed by atoms with Gasteiger partial charge >= 0.3 is 0 Å². The van der Waals surface area contributed by atoms with Crippen molar-refractivity contribution in [3.05, 3.63) is 21.9 Å². The number of thiophene rings is 1. The van der Waals surface area contributed by atoms with Crippen molar-refractivity contribution in [1.82, 2.24) is 5.32 Å². The van der Waals surface area contributed by atoms with Crippen LogP contribution in [0.4, 0.5) is 0 Å². The Morgan fingerprint density at radius 3 is 2.89 bits per heavy atom. The van der Waals surface area contributed by atoms with Gasteiger partial charge in [-0.05, 0) is 17.9 Å². The van der Waals surface area contributed by atoms with Gasteiger partial charge in [0.1, 0.15) is 0 Å². The van der Waals surface area contributed by atoms with Crippen LogP contribution in [0.3, 0.4) is 0 Å². The molecule has 4 heteroatoms. The first-order chi connectivity index (χ1) is 8.51. The molecule has 0 aromatic carbocycles. The van der Waals surface area contributed by atoms with Gasteiger partial charge in [-0.25, -0.2) is 0 Å². The Morgan fingerprint density at radius 2 is 2.28 bits per heavy atom. The van der Waals surface area contributed by atoms with Gasteiger partial charge in [0.15, 0.2) is 0 Å². The molecular formula is C14H20N2OS. The number of hydrogen-bond donors (Lipinski definition) is 2. The van der Waals surface area contributed by atoms with Crippen LogP contribution in [0.5, 0.6) is 0 Å². The predicted octanol–water partition coefficient (Wildman–Crippen LogP) is 2.11. The van der Waals surface area contributed by atoms with E-state index < -0.39 is 0 Å². The van der Waals surface area contributed by atoms with Gasteiger partial charge in [-0.1, -0.05) is 32.6 Å². The molecule has 0 saturated heterocycles. The van der Waals surface area contributed by atoms with E-state index in [0.29, 0.717) is 13.1 Å². The van der Waals surface area contributed by atoms with Gasteiger partial charge in [-0.15, -0.1) is 11.3 Å². The Bertz CT molecular complexity index is 466. The molecule has 0 unspecified atom stereocenters. The number of hydrogen-bond acceptors (Lipinski definition) is 3. The second-order valence-electron chi connectivity index (χ2n) is 4.68. The summed E-state index contributed by atoms with van der Waals surface area (Å²) in [5.41, 5.74) is 5.99. The van der Waals surface area contributed by atoms with Gasteiger partial charge in [0.2, 0.25) is 5.91 Å². The zero-order chi connectivity index (χ0) is 13.6. The summed E-state index contributed by atoms with van der Waals surface area (Å²) < 4.78 is 0. The minimum Gasteiger partial charge on any atom is -0.351 e. The van der Waals surface area contributed by atoms with Crippen LogP contribution in [0.15, 0.2) is 11.4 Å². The number of carbonyl (C=O) groups excluding carboxylic acids is 1. The molecule has 3 nitrogen and oxygen atoms in total. The number of nitrogens with one attached hydrogen (secondary N) is 1. The van der Waals surface area contributed by atoms with E-state index in [9.17, 15) is 4.79 Å². The molecule has 0 atom stereocenters. The molecule has 98 valence electrons. The number of amides is 1. The lowest BCUT2D eigenvalue weighted by Crippen LogP contribution is -2.35. The summed E-state index contributed by atoms with van der Waals surface area (Å²) in [5.74, 6) is 5.93. The molecule has 0 aliphatic heterocycles. The first-order valence-electron chi connectivity index (χ1n) is 6.05. The maximum Gasteiger partial charge on any atom is 0.225 e. The highest BCUT2D eigenvalue weighted by molar-refractivity contribution is 7.10. The average Bonchev–Trinajstić information content (AvgIpc) is 2.80. The lowest BCUT2D eigenvalue weighted by molar-refractivity contribution is -0.129. The zero-order valence-electron chi connectivity index (χ0n) is 11.2. The van der Waals surface area contributed by atoms with Crippen molar-refractivity contribution in [2.24, 2.45) is 11.1 Å². The van der Waals surface area contributed by atoms with Gasteiger partial charge in [0.25, 0.3) is 0 Å². The molecule has 0 aliphatic rings. The fourth-order valence-corrected chi connectivity index (χ4v) is 2.07. The summed E-state index contributed by atoms with van der Waals surface area (Å²) in [6.07, 6.45) is 0.823. The maximum atomic E-state index is 12.0. The summed E-state index contributed by atoms with van der Waals surface area (Å²) in [5, 5.41) is 4.94. The number of rotatable bonds is 4. The Morgan fingerprint density at radius 1 is 1.56 bits per heavy atom. The largest absolute Gasteiger partial charge is 0.351 e. The van der Waals surface area contributed by atoms with Gasteiger partial charge in [0.05, 0.1) is 13.1 Å². The van der Waals surface area contributed by atoms with Crippen molar-refractivity contribution in [3.8, 4) is 11.8 Å². The predicted molar refractivity (Wildman–Crippen MR) is 76.2 cm³/mol. The topological polar surface area (TPSA) is 55.1 Å². The van der Waals surface area contributed by atoms with Crippen molar-refractivity contribution in [3.63, 3.8) is 0 Å². The van der Waals surface area contributed by atoms with Gasteiger partial charge in [-0.2, -0.15) is 0 Å². The minimum absolute atomic E-state index is 0.0798. The molecule has 0 bridgehead atoms. The highest BCUT2D eigenvalue weighted by Crippen LogP contribution is 2.21. The van der Waals surface area contributed by atoms with Crippen LogP contribution in [0.25, 0.3) is 0 Å². The van der Waals surface area contributed by atoms with Crippen LogP contribution in [0, 0.1) is 17.3 Å². The molecule has 1 aromatic heterocycles. The Hall–Kier alpha value is -1.31. The SMILES string of the molecule is CCC(C)(C)C(=O)NCc1sccc1C#CCN. The van der Waals surface area contributed by atoms with Crippen molar-refractivity contribution in [1.29, 1.82) is 0 Å². The van der Waals surface area contributed by atoms with Gasteiger partial charge in [-0.3, -0.25) is 4.79 Å². The summed E-state index contributed by atoms with van der Waals surface area (Å²) in [7, 11) is 0. The van der Waals surface area contributed by atoms with Crippen LogP contribution in [-0.2, 0) is 11.3 Å². The molecule has 1 aromatic rings. The Labute approximate surface area is 113 Å². The summed E-state index contributed by atoms with van der Waals surface area (Å²) in [4.78, 5) is 13.0. The normalized spacial score (nSPS) is 10.7. The van der Waals surface area contributed by atoms with E-state index in [1.807, 2.05) is 32.2 Å². The smallest absolute Gasteiger partial charge is 0.225 e. The first kappa shape index (κ1) is 14.7. The molecular weight excluding hydrogens is 244 g/mol. The summed E-state index contributed by atoms with van der Waals surface area (Å²) in [6.45, 7) is 6.81. The highest BCUT2D eigenvalue weighted by Gasteiger charge is 2.24. The van der Waals surface area contributed by atoms with Crippen molar-refractivity contribution < 1.29 is 4.79 Å². The summed E-state index contributed by atoms with van der Waals surface area (Å²) >= 11 is 1.60. The van der Waals surface area contributed by atoms with Crippen LogP contribution in [0.1, 0.15) is 37.6 Å². The molecule has 0 spiro atoms. The second kappa shape index (κ2) is 6.58. The second-order valence-corrected chi connectivity index (χ2v) is 5.68. The lowest BCUT2D eigenvalue weighted by Gasteiger charge is -2.21. The molecule has 0 saturated carbocycles. The molecule has 1 rings (SSSR count). The average molecular weight is 264 g/mol. The molecule has 0 radical (unpaired) electrons. The lowest BCUT2D eigenvalue weighted by atomic mass is 9.89.